The van der Waals surface area contributed by atoms with Gasteiger partial charge < -0.3 is 9.72 Å². The van der Waals surface area contributed by atoms with E-state index in [0.29, 0.717) is 16.3 Å². The second-order valence-corrected chi connectivity index (χ2v) is 8.60. The number of hydrogen-bond acceptors (Lipinski definition) is 7. The van der Waals surface area contributed by atoms with Crippen molar-refractivity contribution in [2.75, 3.05) is 10.8 Å². The Hall–Kier alpha value is -3.84. The van der Waals surface area contributed by atoms with Gasteiger partial charge in [-0.3, -0.25) is 19.2 Å². The molecule has 3 aromatic rings. The van der Waals surface area contributed by atoms with Crippen molar-refractivity contribution in [3.63, 3.8) is 0 Å². The molecule has 13 heteroatoms. The van der Waals surface area contributed by atoms with Gasteiger partial charge in [0.2, 0.25) is 5.82 Å². The van der Waals surface area contributed by atoms with Crippen molar-refractivity contribution in [1.82, 2.24) is 9.55 Å². The Morgan fingerprint density at radius 1 is 1.12 bits per heavy atom. The minimum Gasteiger partial charge on any atom is -0.351 e. The molecule has 0 aliphatic carbocycles. The van der Waals surface area contributed by atoms with E-state index in [4.69, 9.17) is 4.74 Å². The lowest BCUT2D eigenvalue weighted by Gasteiger charge is -2.26. The van der Waals surface area contributed by atoms with Crippen molar-refractivity contribution in [2.24, 2.45) is 0 Å². The van der Waals surface area contributed by atoms with Gasteiger partial charge in [0.25, 0.3) is 21.3 Å². The summed E-state index contributed by atoms with van der Waals surface area (Å²) in [6.07, 6.45) is -0.916. The van der Waals surface area contributed by atoms with Crippen LogP contribution >= 0.6 is 0 Å². The van der Waals surface area contributed by atoms with Gasteiger partial charge in [-0.25, -0.2) is 17.8 Å². The third-order valence-corrected chi connectivity index (χ3v) is 6.72. The van der Waals surface area contributed by atoms with Gasteiger partial charge in [0.15, 0.2) is 11.1 Å². The average Bonchev–Trinajstić information content (AvgIpc) is 2.97. The van der Waals surface area contributed by atoms with Gasteiger partial charge in [-0.05, 0) is 12.1 Å². The molecule has 11 nitrogen and oxygen atoms in total. The van der Waals surface area contributed by atoms with Crippen LogP contribution in [0.4, 0.5) is 15.8 Å². The predicted octanol–water partition coefficient (Wildman–Crippen LogP) is 1.51. The molecule has 32 heavy (non-hydrogen) atoms. The molecule has 1 N–H and O–H groups in total. The first-order chi connectivity index (χ1) is 15.2. The van der Waals surface area contributed by atoms with E-state index in [9.17, 15) is 32.5 Å². The molecule has 166 valence electrons. The normalized spacial score (nSPS) is 16.3. The topological polar surface area (TPSA) is 145 Å². The van der Waals surface area contributed by atoms with Crippen LogP contribution in [0.25, 0.3) is 0 Å². The van der Waals surface area contributed by atoms with Crippen molar-refractivity contribution >= 4 is 21.4 Å². The highest BCUT2D eigenvalue weighted by Crippen LogP contribution is 2.35. The largest absolute Gasteiger partial charge is 0.351 e. The van der Waals surface area contributed by atoms with E-state index < -0.39 is 55.4 Å². The lowest BCUT2D eigenvalue weighted by atomic mass is 10.2. The molecule has 0 saturated carbocycles. The molecule has 1 aromatic heterocycles. The molecule has 2 aromatic carbocycles. The quantitative estimate of drug-likeness (QED) is 0.457. The number of rotatable bonds is 4. The Kier molecular flexibility index (Phi) is 5.36. The van der Waals surface area contributed by atoms with E-state index in [-0.39, 0.29) is 12.3 Å². The molecule has 2 heterocycles. The highest BCUT2D eigenvalue weighted by molar-refractivity contribution is 7.93. The van der Waals surface area contributed by atoms with Gasteiger partial charge in [0.1, 0.15) is 0 Å². The number of nitrogens with one attached hydrogen (secondary N) is 1. The smallest absolute Gasteiger partial charge is 0.330 e. The van der Waals surface area contributed by atoms with Crippen molar-refractivity contribution in [3.8, 4) is 0 Å². The lowest BCUT2D eigenvalue weighted by Crippen LogP contribution is -2.45. The van der Waals surface area contributed by atoms with E-state index in [0.717, 1.165) is 16.4 Å². The minimum absolute atomic E-state index is 0.147. The molecule has 0 fully saturated rings. The van der Waals surface area contributed by atoms with Gasteiger partial charge >= 0.3 is 5.69 Å². The van der Waals surface area contributed by atoms with Crippen LogP contribution in [0.1, 0.15) is 11.8 Å². The Bertz CT molecular complexity index is 1430. The van der Waals surface area contributed by atoms with Crippen LogP contribution in [0.5, 0.6) is 0 Å². The summed E-state index contributed by atoms with van der Waals surface area (Å²) in [5.41, 5.74) is -2.41. The molecule has 1 unspecified atom stereocenters. The summed E-state index contributed by atoms with van der Waals surface area (Å²) < 4.78 is 47.8. The SMILES string of the molecule is O=c1[nH]cc(F)c(=O)n1C1CN(S(=O)(=O)c2ccccc2[N+](=O)[O-])c2ccccc2CO1. The van der Waals surface area contributed by atoms with Crippen LogP contribution in [0, 0.1) is 15.9 Å². The van der Waals surface area contributed by atoms with Crippen LogP contribution in [-0.4, -0.2) is 29.4 Å². The number of aromatic nitrogens is 2. The zero-order valence-electron chi connectivity index (χ0n) is 16.2. The van der Waals surface area contributed by atoms with Crippen molar-refractivity contribution in [1.29, 1.82) is 0 Å². The average molecular weight is 462 g/mol. The monoisotopic (exact) mass is 462 g/mol. The number of halogens is 1. The lowest BCUT2D eigenvalue weighted by molar-refractivity contribution is -0.387. The van der Waals surface area contributed by atoms with Gasteiger partial charge in [0, 0.05) is 17.8 Å². The first kappa shape index (κ1) is 21.4. The number of sulfonamides is 1. The summed E-state index contributed by atoms with van der Waals surface area (Å²) in [5, 5.41) is 11.4. The summed E-state index contributed by atoms with van der Waals surface area (Å²) in [7, 11) is -4.56. The molecular formula is C19H15FN4O7S. The van der Waals surface area contributed by atoms with E-state index >= 15 is 0 Å². The number of hydrogen-bond donors (Lipinski definition) is 1. The maximum Gasteiger partial charge on any atom is 0.330 e. The number of para-hydroxylation sites is 2. The number of anilines is 1. The minimum atomic E-state index is -4.56. The number of nitro benzene ring substituents is 1. The van der Waals surface area contributed by atoms with Crippen molar-refractivity contribution in [2.45, 2.75) is 17.7 Å². The molecule has 1 atom stereocenters. The van der Waals surface area contributed by atoms with Crippen molar-refractivity contribution < 1.29 is 22.5 Å². The highest BCUT2D eigenvalue weighted by Gasteiger charge is 2.37. The summed E-state index contributed by atoms with van der Waals surface area (Å²) in [4.78, 5) is 36.6. The second kappa shape index (κ2) is 8.01. The van der Waals surface area contributed by atoms with Gasteiger partial charge in [-0.1, -0.05) is 30.3 Å². The molecule has 0 saturated heterocycles. The molecule has 1 aliphatic heterocycles. The number of ether oxygens (including phenoxy) is 1. The fourth-order valence-electron chi connectivity index (χ4n) is 3.41. The third kappa shape index (κ3) is 3.56. The Morgan fingerprint density at radius 2 is 1.81 bits per heavy atom. The Labute approximate surface area is 179 Å². The summed E-state index contributed by atoms with van der Waals surface area (Å²) in [6, 6.07) is 11.0. The van der Waals surface area contributed by atoms with Crippen LogP contribution in [-0.2, 0) is 21.4 Å². The molecule has 0 spiro atoms. The fourth-order valence-corrected chi connectivity index (χ4v) is 5.06. The van der Waals surface area contributed by atoms with E-state index in [1.807, 2.05) is 0 Å². The van der Waals surface area contributed by atoms with Crippen LogP contribution < -0.4 is 15.6 Å². The maximum absolute atomic E-state index is 13.9. The number of nitrogens with zero attached hydrogens (tertiary/aromatic N) is 3. The molecule has 0 radical (unpaired) electrons. The highest BCUT2D eigenvalue weighted by atomic mass is 32.2. The summed E-state index contributed by atoms with van der Waals surface area (Å²) in [6.45, 7) is -0.816. The first-order valence-electron chi connectivity index (χ1n) is 9.17. The maximum atomic E-state index is 13.9. The van der Waals surface area contributed by atoms with Crippen LogP contribution in [0.2, 0.25) is 0 Å². The number of nitro groups is 1. The van der Waals surface area contributed by atoms with E-state index in [1.54, 1.807) is 18.2 Å². The van der Waals surface area contributed by atoms with E-state index in [2.05, 4.69) is 4.98 Å². The fraction of sp³-hybridized carbons (Fsp3) is 0.158. The number of fused-ring (bicyclic) bond motifs is 1. The number of benzene rings is 2. The first-order valence-corrected chi connectivity index (χ1v) is 10.6. The molecule has 1 aliphatic rings. The summed E-state index contributed by atoms with van der Waals surface area (Å²) >= 11 is 0. The molecule has 0 amide bonds. The summed E-state index contributed by atoms with van der Waals surface area (Å²) in [5.74, 6) is -1.26. The molecule has 4 rings (SSSR count). The zero-order valence-corrected chi connectivity index (χ0v) is 17.0. The van der Waals surface area contributed by atoms with Crippen LogP contribution in [0.15, 0.2) is 69.2 Å². The van der Waals surface area contributed by atoms with Crippen molar-refractivity contribution in [3.05, 3.63) is 97.1 Å². The van der Waals surface area contributed by atoms with Crippen LogP contribution in [0.3, 0.4) is 0 Å². The standard InChI is InChI=1S/C19H15FN4O7S/c20-13-9-21-19(26)23(18(13)25)17-10-22(14-6-2-1-5-12(14)11-31-17)32(29,30)16-8-4-3-7-15(16)24(27)28/h1-9,17H,10-11H2,(H,21,26). The number of H-pyrrole nitrogens is 1. The predicted molar refractivity (Wildman–Crippen MR) is 109 cm³/mol. The Morgan fingerprint density at radius 3 is 2.56 bits per heavy atom. The third-order valence-electron chi connectivity index (χ3n) is 4.90. The number of aromatic amines is 1. The van der Waals surface area contributed by atoms with Gasteiger partial charge in [0.05, 0.1) is 23.8 Å². The molecule has 0 bridgehead atoms. The second-order valence-electron chi connectivity index (χ2n) is 6.77. The Balaban J connectivity index is 1.91. The molecular weight excluding hydrogens is 447 g/mol. The van der Waals surface area contributed by atoms with Gasteiger partial charge in [-0.15, -0.1) is 0 Å². The van der Waals surface area contributed by atoms with E-state index in [1.165, 1.54) is 18.2 Å². The van der Waals surface area contributed by atoms with Gasteiger partial charge in [-0.2, -0.15) is 4.39 Å². The zero-order chi connectivity index (χ0) is 23.0.